The van der Waals surface area contributed by atoms with Gasteiger partial charge in [0.05, 0.1) is 0 Å². The van der Waals surface area contributed by atoms with E-state index in [0.717, 1.165) is 22.7 Å². The van der Waals surface area contributed by atoms with Gasteiger partial charge >= 0.3 is 0 Å². The van der Waals surface area contributed by atoms with Crippen LogP contribution in [0, 0.1) is 0 Å². The molecule has 15 heavy (non-hydrogen) atoms. The number of rotatable bonds is 2. The smallest absolute Gasteiger partial charge is 0.0458 e. The van der Waals surface area contributed by atoms with Gasteiger partial charge in [0, 0.05) is 22.7 Å². The van der Waals surface area contributed by atoms with Crippen molar-refractivity contribution in [3.05, 3.63) is 28.2 Å². The van der Waals surface area contributed by atoms with Crippen molar-refractivity contribution in [1.82, 2.24) is 4.90 Å². The largest absolute Gasteiger partial charge is 0.398 e. The summed E-state index contributed by atoms with van der Waals surface area (Å²) in [4.78, 5) is 2.53. The van der Waals surface area contributed by atoms with Gasteiger partial charge in [-0.05, 0) is 59.9 Å². The molecule has 1 saturated heterocycles. The lowest BCUT2D eigenvalue weighted by molar-refractivity contribution is 0.260. The number of halogens is 1. The molecule has 0 spiro atoms. The zero-order valence-electron chi connectivity index (χ0n) is 9.04. The first-order valence-corrected chi connectivity index (χ1v) is 6.24. The summed E-state index contributed by atoms with van der Waals surface area (Å²) in [6.07, 6.45) is 2.66. The van der Waals surface area contributed by atoms with Crippen molar-refractivity contribution in [3.8, 4) is 0 Å². The van der Waals surface area contributed by atoms with Gasteiger partial charge in [-0.15, -0.1) is 0 Å². The van der Waals surface area contributed by atoms with Gasteiger partial charge in [-0.25, -0.2) is 0 Å². The number of anilines is 1. The molecule has 0 radical (unpaired) electrons. The SMILES string of the molecule is CC1CCCN1Cc1ccc(N)c(Br)c1. The minimum absolute atomic E-state index is 0.723. The fraction of sp³-hybridized carbons (Fsp3) is 0.500. The topological polar surface area (TPSA) is 29.3 Å². The molecule has 2 nitrogen and oxygen atoms in total. The molecule has 0 bridgehead atoms. The second-order valence-electron chi connectivity index (χ2n) is 4.32. The Hall–Kier alpha value is -0.540. The molecule has 1 fully saturated rings. The Labute approximate surface area is 99.6 Å². The summed E-state index contributed by atoms with van der Waals surface area (Å²) in [5, 5.41) is 0. The maximum atomic E-state index is 5.76. The third-order valence-corrected chi connectivity index (χ3v) is 3.83. The molecule has 1 heterocycles. The molecule has 0 aliphatic carbocycles. The van der Waals surface area contributed by atoms with Gasteiger partial charge in [-0.1, -0.05) is 6.07 Å². The maximum Gasteiger partial charge on any atom is 0.0458 e. The second kappa shape index (κ2) is 4.54. The number of nitrogen functional groups attached to an aromatic ring is 1. The average molecular weight is 269 g/mol. The summed E-state index contributed by atoms with van der Waals surface area (Å²) in [5.41, 5.74) is 7.91. The maximum absolute atomic E-state index is 5.76. The van der Waals surface area contributed by atoms with Crippen LogP contribution in [0.1, 0.15) is 25.3 Å². The number of hydrogen-bond donors (Lipinski definition) is 1. The first-order valence-electron chi connectivity index (χ1n) is 5.45. The molecule has 0 amide bonds. The molecule has 1 aliphatic rings. The first kappa shape index (κ1) is 11.0. The molecular formula is C12H17BrN2. The third kappa shape index (κ3) is 2.52. The van der Waals surface area contributed by atoms with E-state index in [-0.39, 0.29) is 0 Å². The molecule has 2 N–H and O–H groups in total. The van der Waals surface area contributed by atoms with E-state index in [1.165, 1.54) is 24.9 Å². The van der Waals surface area contributed by atoms with Gasteiger partial charge in [-0.2, -0.15) is 0 Å². The lowest BCUT2D eigenvalue weighted by Crippen LogP contribution is -2.26. The van der Waals surface area contributed by atoms with E-state index in [2.05, 4.69) is 39.9 Å². The van der Waals surface area contributed by atoms with Crippen LogP contribution in [0.25, 0.3) is 0 Å². The van der Waals surface area contributed by atoms with Crippen LogP contribution in [0.5, 0.6) is 0 Å². The van der Waals surface area contributed by atoms with E-state index < -0.39 is 0 Å². The molecule has 1 atom stereocenters. The van der Waals surface area contributed by atoms with E-state index in [9.17, 15) is 0 Å². The lowest BCUT2D eigenvalue weighted by Gasteiger charge is -2.21. The Morgan fingerprint density at radius 2 is 2.33 bits per heavy atom. The van der Waals surface area contributed by atoms with Crippen LogP contribution in [-0.4, -0.2) is 17.5 Å². The summed E-state index contributed by atoms with van der Waals surface area (Å²) in [6.45, 7) is 4.57. The Morgan fingerprint density at radius 1 is 1.53 bits per heavy atom. The van der Waals surface area contributed by atoms with Crippen LogP contribution >= 0.6 is 15.9 Å². The van der Waals surface area contributed by atoms with Crippen molar-refractivity contribution in [1.29, 1.82) is 0 Å². The van der Waals surface area contributed by atoms with E-state index >= 15 is 0 Å². The van der Waals surface area contributed by atoms with Crippen molar-refractivity contribution < 1.29 is 0 Å². The standard InChI is InChI=1S/C12H17BrN2/c1-9-3-2-6-15(9)8-10-4-5-12(14)11(13)7-10/h4-5,7,9H,2-3,6,8,14H2,1H3. The molecule has 1 aromatic carbocycles. The van der Waals surface area contributed by atoms with Crippen LogP contribution in [0.2, 0.25) is 0 Å². The van der Waals surface area contributed by atoms with Crippen molar-refractivity contribution in [2.24, 2.45) is 0 Å². The molecule has 0 saturated carbocycles. The number of nitrogens with two attached hydrogens (primary N) is 1. The van der Waals surface area contributed by atoms with E-state index in [4.69, 9.17) is 5.73 Å². The molecule has 1 unspecified atom stereocenters. The van der Waals surface area contributed by atoms with Gasteiger partial charge in [0.25, 0.3) is 0 Å². The van der Waals surface area contributed by atoms with Crippen LogP contribution in [0.4, 0.5) is 5.69 Å². The Morgan fingerprint density at radius 3 is 2.93 bits per heavy atom. The van der Waals surface area contributed by atoms with Crippen LogP contribution in [0.3, 0.4) is 0 Å². The van der Waals surface area contributed by atoms with Gasteiger partial charge in [0.2, 0.25) is 0 Å². The van der Waals surface area contributed by atoms with Crippen molar-refractivity contribution in [3.63, 3.8) is 0 Å². The molecule has 0 aromatic heterocycles. The summed E-state index contributed by atoms with van der Waals surface area (Å²) < 4.78 is 1.01. The molecule has 1 aromatic rings. The number of hydrogen-bond acceptors (Lipinski definition) is 2. The summed E-state index contributed by atoms with van der Waals surface area (Å²) in [6, 6.07) is 6.94. The van der Waals surface area contributed by atoms with E-state index in [1.807, 2.05) is 6.07 Å². The van der Waals surface area contributed by atoms with Gasteiger partial charge < -0.3 is 5.73 Å². The van der Waals surface area contributed by atoms with Gasteiger partial charge in [0.15, 0.2) is 0 Å². The highest BCUT2D eigenvalue weighted by molar-refractivity contribution is 9.10. The minimum Gasteiger partial charge on any atom is -0.398 e. The summed E-state index contributed by atoms with van der Waals surface area (Å²) in [7, 11) is 0. The fourth-order valence-electron chi connectivity index (χ4n) is 2.13. The van der Waals surface area contributed by atoms with Crippen molar-refractivity contribution in [2.75, 3.05) is 12.3 Å². The molecule has 82 valence electrons. The quantitative estimate of drug-likeness (QED) is 0.836. The fourth-order valence-corrected chi connectivity index (χ4v) is 2.56. The summed E-state index contributed by atoms with van der Waals surface area (Å²) >= 11 is 3.47. The Bertz CT molecular complexity index is 351. The van der Waals surface area contributed by atoms with Crippen LogP contribution in [-0.2, 0) is 6.54 Å². The third-order valence-electron chi connectivity index (χ3n) is 3.14. The number of likely N-dealkylation sites (tertiary alicyclic amines) is 1. The molecule has 1 aliphatic heterocycles. The highest BCUT2D eigenvalue weighted by Crippen LogP contribution is 2.24. The second-order valence-corrected chi connectivity index (χ2v) is 5.17. The van der Waals surface area contributed by atoms with Crippen molar-refractivity contribution >= 4 is 21.6 Å². The Balaban J connectivity index is 2.07. The summed E-state index contributed by atoms with van der Waals surface area (Å²) in [5.74, 6) is 0. The minimum atomic E-state index is 0.723. The molecule has 2 rings (SSSR count). The monoisotopic (exact) mass is 268 g/mol. The predicted octanol–water partition coefficient (Wildman–Crippen LogP) is 3.02. The zero-order chi connectivity index (χ0) is 10.8. The van der Waals surface area contributed by atoms with Gasteiger partial charge in [-0.3, -0.25) is 4.90 Å². The molecular weight excluding hydrogens is 252 g/mol. The molecule has 3 heteroatoms. The number of nitrogens with zero attached hydrogens (tertiary/aromatic N) is 1. The van der Waals surface area contributed by atoms with E-state index in [1.54, 1.807) is 0 Å². The lowest BCUT2D eigenvalue weighted by atomic mass is 10.2. The highest BCUT2D eigenvalue weighted by Gasteiger charge is 2.19. The van der Waals surface area contributed by atoms with E-state index in [0.29, 0.717) is 0 Å². The normalized spacial score (nSPS) is 22.1. The van der Waals surface area contributed by atoms with Crippen molar-refractivity contribution in [2.45, 2.75) is 32.4 Å². The number of benzene rings is 1. The predicted molar refractivity (Wildman–Crippen MR) is 67.7 cm³/mol. The van der Waals surface area contributed by atoms with Gasteiger partial charge in [0.1, 0.15) is 0 Å². The highest BCUT2D eigenvalue weighted by atomic mass is 79.9. The Kier molecular flexibility index (Phi) is 3.32. The average Bonchev–Trinajstić information content (AvgIpc) is 2.59. The zero-order valence-corrected chi connectivity index (χ0v) is 10.6. The van der Waals surface area contributed by atoms with Crippen LogP contribution in [0.15, 0.2) is 22.7 Å². The first-order chi connectivity index (χ1) is 7.16. The van der Waals surface area contributed by atoms with Crippen LogP contribution < -0.4 is 5.73 Å².